The molecule has 1 aliphatic rings. The van der Waals surface area contributed by atoms with Crippen LogP contribution in [-0.4, -0.2) is 43.9 Å². The molecule has 0 saturated heterocycles. The highest BCUT2D eigenvalue weighted by atomic mass is 32.2. The van der Waals surface area contributed by atoms with Crippen LogP contribution < -0.4 is 4.74 Å². The Morgan fingerprint density at radius 2 is 1.33 bits per heavy atom. The summed E-state index contributed by atoms with van der Waals surface area (Å²) >= 11 is 0. The fourth-order valence-electron chi connectivity index (χ4n) is 5.65. The normalized spacial score (nSPS) is 17.7. The molecule has 6 rings (SSSR count). The number of hydrogen-bond acceptors (Lipinski definition) is 6. The smallest absolute Gasteiger partial charge is 0.268 e. The Kier molecular flexibility index (Phi) is 6.77. The molecule has 0 fully saturated rings. The zero-order valence-electron chi connectivity index (χ0n) is 23.4. The number of aliphatic hydroxyl groups is 1. The molecule has 1 aliphatic heterocycles. The maximum Gasteiger partial charge on any atom is 0.268 e. The van der Waals surface area contributed by atoms with Crippen molar-refractivity contribution in [3.05, 3.63) is 125 Å². The third-order valence-corrected chi connectivity index (χ3v) is 11.4. The van der Waals surface area contributed by atoms with Gasteiger partial charge in [0.15, 0.2) is 0 Å². The van der Waals surface area contributed by atoms with Crippen LogP contribution in [0.3, 0.4) is 0 Å². The highest BCUT2D eigenvalue weighted by molar-refractivity contribution is 7.90. The fourth-order valence-corrected chi connectivity index (χ4v) is 8.63. The van der Waals surface area contributed by atoms with E-state index in [0.717, 1.165) is 15.4 Å². The second-order valence-corrected chi connectivity index (χ2v) is 14.3. The number of fused-ring (bicyclic) bond motifs is 3. The fraction of sp³-hybridized carbons (Fsp3) is 0.188. The minimum Gasteiger partial charge on any atom is -0.497 e. The number of aryl methyl sites for hydroxylation is 2. The van der Waals surface area contributed by atoms with Gasteiger partial charge in [-0.05, 0) is 61.9 Å². The van der Waals surface area contributed by atoms with Gasteiger partial charge >= 0.3 is 0 Å². The van der Waals surface area contributed by atoms with Gasteiger partial charge in [0.25, 0.3) is 10.0 Å². The molecule has 0 spiro atoms. The van der Waals surface area contributed by atoms with Crippen LogP contribution in [0, 0.1) is 13.8 Å². The lowest BCUT2D eigenvalue weighted by Gasteiger charge is -2.39. The Labute approximate surface area is 245 Å². The largest absolute Gasteiger partial charge is 0.497 e. The second kappa shape index (κ2) is 10.1. The van der Waals surface area contributed by atoms with Crippen LogP contribution in [0.5, 0.6) is 5.75 Å². The third kappa shape index (κ3) is 4.42. The van der Waals surface area contributed by atoms with Gasteiger partial charge in [-0.25, -0.2) is 20.8 Å². The van der Waals surface area contributed by atoms with E-state index < -0.39 is 25.6 Å². The van der Waals surface area contributed by atoms with E-state index in [0.29, 0.717) is 27.8 Å². The van der Waals surface area contributed by atoms with E-state index in [1.807, 2.05) is 13.8 Å². The summed E-state index contributed by atoms with van der Waals surface area (Å²) in [7, 11) is -6.86. The zero-order chi connectivity index (χ0) is 29.9. The van der Waals surface area contributed by atoms with Gasteiger partial charge in [-0.3, -0.25) is 0 Å². The summed E-state index contributed by atoms with van der Waals surface area (Å²) in [5.41, 5.74) is 1.14. The molecule has 4 aromatic carbocycles. The van der Waals surface area contributed by atoms with Crippen LogP contribution in [0.1, 0.15) is 27.9 Å². The summed E-state index contributed by atoms with van der Waals surface area (Å²) in [5, 5.41) is 13.1. The Morgan fingerprint density at radius 1 is 0.762 bits per heavy atom. The van der Waals surface area contributed by atoms with Crippen LogP contribution in [0.2, 0.25) is 0 Å². The number of benzene rings is 4. The molecule has 1 aromatic heterocycles. The van der Waals surface area contributed by atoms with Gasteiger partial charge in [0.2, 0.25) is 10.0 Å². The molecule has 1 N–H and O–H groups in total. The Bertz CT molecular complexity index is 2020. The van der Waals surface area contributed by atoms with Gasteiger partial charge in [0.1, 0.15) is 11.4 Å². The Hall–Kier alpha value is -3.96. The van der Waals surface area contributed by atoms with E-state index in [-0.39, 0.29) is 28.6 Å². The summed E-state index contributed by atoms with van der Waals surface area (Å²) < 4.78 is 64.6. The van der Waals surface area contributed by atoms with Gasteiger partial charge in [-0.1, -0.05) is 65.7 Å². The predicted octanol–water partition coefficient (Wildman–Crippen LogP) is 4.94. The molecule has 1 atom stereocenters. The van der Waals surface area contributed by atoms with Crippen LogP contribution in [-0.2, 0) is 32.2 Å². The molecule has 0 unspecified atom stereocenters. The van der Waals surface area contributed by atoms with E-state index in [4.69, 9.17) is 4.74 Å². The first-order valence-corrected chi connectivity index (χ1v) is 16.2. The van der Waals surface area contributed by atoms with Gasteiger partial charge in [-0.2, -0.15) is 4.31 Å². The minimum atomic E-state index is -4.23. The average Bonchev–Trinajstić information content (AvgIpc) is 3.33. The number of hydrogen-bond donors (Lipinski definition) is 1. The second-order valence-electron chi connectivity index (χ2n) is 10.6. The lowest BCUT2D eigenvalue weighted by atomic mass is 9.82. The molecule has 5 aromatic rings. The third-order valence-electron chi connectivity index (χ3n) is 7.84. The summed E-state index contributed by atoms with van der Waals surface area (Å²) in [5.74, 6) is 0.473. The number of methoxy groups -OCH3 is 1. The monoisotopic (exact) mass is 602 g/mol. The van der Waals surface area contributed by atoms with E-state index in [1.54, 1.807) is 72.8 Å². The van der Waals surface area contributed by atoms with Gasteiger partial charge in [-0.15, -0.1) is 0 Å². The molecule has 0 aliphatic carbocycles. The average molecular weight is 603 g/mol. The quantitative estimate of drug-likeness (QED) is 0.295. The molecule has 0 saturated carbocycles. The van der Waals surface area contributed by atoms with E-state index in [1.165, 1.54) is 35.3 Å². The van der Waals surface area contributed by atoms with E-state index in [9.17, 15) is 21.9 Å². The van der Waals surface area contributed by atoms with Crippen molar-refractivity contribution in [2.75, 3.05) is 13.7 Å². The van der Waals surface area contributed by atoms with Crippen molar-refractivity contribution < 1.29 is 26.7 Å². The zero-order valence-corrected chi connectivity index (χ0v) is 25.0. The van der Waals surface area contributed by atoms with Crippen molar-refractivity contribution in [1.82, 2.24) is 8.28 Å². The van der Waals surface area contributed by atoms with E-state index >= 15 is 0 Å². The first-order chi connectivity index (χ1) is 20.0. The van der Waals surface area contributed by atoms with Gasteiger partial charge in [0.05, 0.1) is 41.2 Å². The van der Waals surface area contributed by atoms with Crippen LogP contribution in [0.15, 0.2) is 107 Å². The minimum absolute atomic E-state index is 0.0467. The number of ether oxygens (including phenoxy) is 1. The van der Waals surface area contributed by atoms with Crippen molar-refractivity contribution in [2.45, 2.75) is 35.8 Å². The molecule has 2 heterocycles. The summed E-state index contributed by atoms with van der Waals surface area (Å²) in [4.78, 5) is 0.100. The maximum absolute atomic E-state index is 14.3. The molecular formula is C32H30N2O6S2. The Morgan fingerprint density at radius 3 is 1.90 bits per heavy atom. The molecule has 10 heteroatoms. The molecular weight excluding hydrogens is 572 g/mol. The highest BCUT2D eigenvalue weighted by Gasteiger charge is 2.48. The predicted molar refractivity (Wildman–Crippen MR) is 160 cm³/mol. The standard InChI is InChI=1S/C32H30N2O6S2/c1-22-9-14-26(15-10-22)41(36,37)33-20-30-31(32(35,21-33)24-7-5-4-6-8-24)28-19-25(40-3)13-18-29(28)34(30)42(38,39)27-16-11-23(2)12-17-27/h4-19,35H,20-21H2,1-3H3/t32-/m1/s1. The van der Waals surface area contributed by atoms with Crippen molar-refractivity contribution in [3.8, 4) is 5.75 Å². The number of nitrogens with zero attached hydrogens (tertiary/aromatic N) is 2. The molecule has 0 radical (unpaired) electrons. The lowest BCUT2D eigenvalue weighted by molar-refractivity contribution is 0.0465. The first-order valence-electron chi connectivity index (χ1n) is 13.4. The topological polar surface area (TPSA) is 106 Å². The molecule has 8 nitrogen and oxygen atoms in total. The van der Waals surface area contributed by atoms with Crippen LogP contribution in [0.4, 0.5) is 0 Å². The van der Waals surface area contributed by atoms with Crippen molar-refractivity contribution in [1.29, 1.82) is 0 Å². The number of β-amino-alcohol motifs (C(OH)–C–C–N with tert-alkyl or cyclic N) is 1. The maximum atomic E-state index is 14.3. The van der Waals surface area contributed by atoms with Crippen molar-refractivity contribution in [2.24, 2.45) is 0 Å². The van der Waals surface area contributed by atoms with E-state index in [2.05, 4.69) is 0 Å². The number of sulfonamides is 1. The van der Waals surface area contributed by atoms with Gasteiger partial charge in [0, 0.05) is 10.9 Å². The number of rotatable bonds is 6. The first kappa shape index (κ1) is 28.2. The summed E-state index contributed by atoms with van der Waals surface area (Å²) in [6, 6.07) is 26.6. The lowest BCUT2D eigenvalue weighted by Crippen LogP contribution is -2.49. The van der Waals surface area contributed by atoms with Crippen LogP contribution >= 0.6 is 0 Å². The van der Waals surface area contributed by atoms with Crippen molar-refractivity contribution in [3.63, 3.8) is 0 Å². The molecule has 0 amide bonds. The molecule has 42 heavy (non-hydrogen) atoms. The Balaban J connectivity index is 1.69. The summed E-state index contributed by atoms with van der Waals surface area (Å²) in [6.07, 6.45) is 0. The number of aromatic nitrogens is 1. The van der Waals surface area contributed by atoms with Gasteiger partial charge < -0.3 is 9.84 Å². The summed E-state index contributed by atoms with van der Waals surface area (Å²) in [6.45, 7) is 3.13. The van der Waals surface area contributed by atoms with Crippen molar-refractivity contribution >= 4 is 30.9 Å². The molecule has 216 valence electrons. The SMILES string of the molecule is COc1ccc2c(c1)c1c(n2S(=O)(=O)c2ccc(C)cc2)CN(S(=O)(=O)c2ccc(C)cc2)C[C@@]1(O)c1ccccc1. The molecule has 0 bridgehead atoms. The van der Waals surface area contributed by atoms with Crippen LogP contribution in [0.25, 0.3) is 10.9 Å². The highest BCUT2D eigenvalue weighted by Crippen LogP contribution is 2.46.